The SMILES string of the molecule is C=C(c1cc(OC)c(OC)c([Se]C)c1)c1ccc(OC)c(OC)c1OC. The molecule has 2 aromatic carbocycles. The van der Waals surface area contributed by atoms with Crippen molar-refractivity contribution in [3.05, 3.63) is 42.0 Å². The van der Waals surface area contributed by atoms with Gasteiger partial charge in [-0.05, 0) is 0 Å². The number of methoxy groups -OCH3 is 5. The first-order chi connectivity index (χ1) is 12.6. The normalized spacial score (nSPS) is 10.2. The number of ether oxygens (including phenoxy) is 5. The Morgan fingerprint density at radius 1 is 0.769 bits per heavy atom. The van der Waals surface area contributed by atoms with E-state index >= 15 is 0 Å². The van der Waals surface area contributed by atoms with Crippen molar-refractivity contribution in [3.8, 4) is 28.7 Å². The molecule has 0 aliphatic rings. The van der Waals surface area contributed by atoms with Crippen LogP contribution in [0.3, 0.4) is 0 Å². The summed E-state index contributed by atoms with van der Waals surface area (Å²) in [6.07, 6.45) is 0. The molecule has 0 saturated heterocycles. The maximum absolute atomic E-state index is 5.59. The van der Waals surface area contributed by atoms with Crippen molar-refractivity contribution in [2.45, 2.75) is 5.82 Å². The van der Waals surface area contributed by atoms with Gasteiger partial charge in [0.25, 0.3) is 0 Å². The molecule has 2 rings (SSSR count). The summed E-state index contributed by atoms with van der Waals surface area (Å²) in [5, 5.41) is 0. The summed E-state index contributed by atoms with van der Waals surface area (Å²) in [4.78, 5) is 0. The molecular weight excluding hydrogens is 399 g/mol. The van der Waals surface area contributed by atoms with Gasteiger partial charge in [-0.25, -0.2) is 0 Å². The van der Waals surface area contributed by atoms with Crippen molar-refractivity contribution in [1.82, 2.24) is 0 Å². The molecule has 0 atom stereocenters. The van der Waals surface area contributed by atoms with Gasteiger partial charge in [0.1, 0.15) is 0 Å². The first kappa shape index (κ1) is 20.0. The van der Waals surface area contributed by atoms with Gasteiger partial charge in [-0.3, -0.25) is 0 Å². The number of hydrogen-bond donors (Lipinski definition) is 0. The van der Waals surface area contributed by atoms with Crippen molar-refractivity contribution < 1.29 is 23.7 Å². The van der Waals surface area contributed by atoms with Gasteiger partial charge in [-0.2, -0.15) is 0 Å². The zero-order valence-corrected chi connectivity index (χ0v) is 17.7. The Hall–Kier alpha value is -2.30. The fraction of sp³-hybridized carbons (Fsp3) is 0.300. The summed E-state index contributed by atoms with van der Waals surface area (Å²) in [5.74, 6) is 5.30. The average molecular weight is 423 g/mol. The first-order valence-electron chi connectivity index (χ1n) is 7.84. The molecule has 0 radical (unpaired) electrons. The Kier molecular flexibility index (Phi) is 6.83. The summed E-state index contributed by atoms with van der Waals surface area (Å²) in [6, 6.07) is 7.76. The molecule has 0 aliphatic carbocycles. The summed E-state index contributed by atoms with van der Waals surface area (Å²) < 4.78 is 28.6. The maximum atomic E-state index is 5.59. The minimum atomic E-state index is 0.233. The van der Waals surface area contributed by atoms with Crippen molar-refractivity contribution in [1.29, 1.82) is 0 Å². The summed E-state index contributed by atoms with van der Waals surface area (Å²) in [7, 11) is 8.06. The van der Waals surface area contributed by atoms with E-state index in [1.807, 2.05) is 18.2 Å². The molecule has 0 unspecified atom stereocenters. The van der Waals surface area contributed by atoms with Crippen LogP contribution in [-0.4, -0.2) is 50.5 Å². The van der Waals surface area contributed by atoms with Crippen LogP contribution < -0.4 is 28.1 Å². The predicted octanol–water partition coefficient (Wildman–Crippen LogP) is 3.17. The second kappa shape index (κ2) is 8.88. The quantitative estimate of drug-likeness (QED) is 0.611. The van der Waals surface area contributed by atoms with Crippen molar-refractivity contribution in [2.75, 3.05) is 35.5 Å². The molecule has 0 saturated carbocycles. The topological polar surface area (TPSA) is 46.2 Å². The van der Waals surface area contributed by atoms with Gasteiger partial charge >= 0.3 is 161 Å². The van der Waals surface area contributed by atoms with Crippen LogP contribution in [0.4, 0.5) is 0 Å². The van der Waals surface area contributed by atoms with Crippen LogP contribution in [0.15, 0.2) is 30.8 Å². The van der Waals surface area contributed by atoms with Crippen LogP contribution in [0.1, 0.15) is 11.1 Å². The summed E-state index contributed by atoms with van der Waals surface area (Å²) in [6.45, 7) is 4.28. The number of benzene rings is 2. The van der Waals surface area contributed by atoms with Crippen LogP contribution >= 0.6 is 0 Å². The second-order valence-electron chi connectivity index (χ2n) is 5.27. The van der Waals surface area contributed by atoms with Gasteiger partial charge in [0.05, 0.1) is 0 Å². The molecule has 0 spiro atoms. The second-order valence-corrected chi connectivity index (χ2v) is 7.05. The van der Waals surface area contributed by atoms with Crippen LogP contribution in [0, 0.1) is 0 Å². The van der Waals surface area contributed by atoms with E-state index in [9.17, 15) is 0 Å². The Balaban J connectivity index is 2.63. The molecular formula is C20H24O5Se. The molecule has 2 aromatic rings. The van der Waals surface area contributed by atoms with E-state index in [1.54, 1.807) is 35.5 Å². The molecule has 26 heavy (non-hydrogen) atoms. The Bertz CT molecular complexity index is 776. The van der Waals surface area contributed by atoms with Gasteiger partial charge in [0.15, 0.2) is 0 Å². The van der Waals surface area contributed by atoms with E-state index in [2.05, 4.69) is 18.5 Å². The molecule has 0 aliphatic heterocycles. The van der Waals surface area contributed by atoms with E-state index in [1.165, 1.54) is 0 Å². The Labute approximate surface area is 161 Å². The van der Waals surface area contributed by atoms with Crippen molar-refractivity contribution in [2.24, 2.45) is 0 Å². The molecule has 0 bridgehead atoms. The van der Waals surface area contributed by atoms with Crippen LogP contribution in [-0.2, 0) is 0 Å². The van der Waals surface area contributed by atoms with Crippen molar-refractivity contribution in [3.63, 3.8) is 0 Å². The third-order valence-electron chi connectivity index (χ3n) is 4.04. The van der Waals surface area contributed by atoms with Gasteiger partial charge in [-0.15, -0.1) is 0 Å². The van der Waals surface area contributed by atoms with Gasteiger partial charge in [-0.1, -0.05) is 0 Å². The minimum absolute atomic E-state index is 0.233. The third kappa shape index (κ3) is 3.62. The van der Waals surface area contributed by atoms with E-state index < -0.39 is 0 Å². The molecule has 0 amide bonds. The van der Waals surface area contributed by atoms with Crippen LogP contribution in [0.2, 0.25) is 5.82 Å². The van der Waals surface area contributed by atoms with Gasteiger partial charge in [0, 0.05) is 0 Å². The monoisotopic (exact) mass is 424 g/mol. The van der Waals surface area contributed by atoms with Crippen LogP contribution in [0.25, 0.3) is 5.57 Å². The van der Waals surface area contributed by atoms with E-state index in [-0.39, 0.29) is 15.0 Å². The summed E-state index contributed by atoms with van der Waals surface area (Å²) >= 11 is 0.233. The van der Waals surface area contributed by atoms with Crippen LogP contribution in [0.5, 0.6) is 28.7 Å². The van der Waals surface area contributed by atoms with E-state index in [4.69, 9.17) is 23.7 Å². The summed E-state index contributed by atoms with van der Waals surface area (Å²) in [5.41, 5.74) is 2.56. The number of hydrogen-bond acceptors (Lipinski definition) is 5. The predicted molar refractivity (Wildman–Crippen MR) is 105 cm³/mol. The molecule has 0 heterocycles. The zero-order valence-electron chi connectivity index (χ0n) is 16.0. The zero-order chi connectivity index (χ0) is 19.3. The van der Waals surface area contributed by atoms with Gasteiger partial charge in [0.2, 0.25) is 0 Å². The standard InChI is InChI=1S/C20H24O5Se/c1-12(13-10-16(22-3)19(24-5)17(11-13)26-7)14-8-9-15(21-2)20(25-6)18(14)23-4/h8-11H,1H2,2-7H3. The Morgan fingerprint density at radius 3 is 1.88 bits per heavy atom. The fourth-order valence-corrected chi connectivity index (χ4v) is 4.04. The molecule has 5 nitrogen and oxygen atoms in total. The fourth-order valence-electron chi connectivity index (χ4n) is 2.75. The molecule has 6 heteroatoms. The first-order valence-corrected chi connectivity index (χ1v) is 10.4. The molecule has 140 valence electrons. The third-order valence-corrected chi connectivity index (χ3v) is 5.60. The number of rotatable bonds is 8. The molecule has 0 N–H and O–H groups in total. The average Bonchev–Trinajstić information content (AvgIpc) is 2.70. The van der Waals surface area contributed by atoms with Gasteiger partial charge < -0.3 is 0 Å². The van der Waals surface area contributed by atoms with E-state index in [0.29, 0.717) is 23.0 Å². The Morgan fingerprint density at radius 2 is 1.38 bits per heavy atom. The molecule has 0 aromatic heterocycles. The van der Waals surface area contributed by atoms with Crippen molar-refractivity contribution >= 4 is 25.0 Å². The molecule has 0 fully saturated rings. The van der Waals surface area contributed by atoms with E-state index in [0.717, 1.165) is 26.9 Å².